The largest absolute Gasteiger partial charge is 0.448 e. The van der Waals surface area contributed by atoms with Crippen LogP contribution < -0.4 is 4.90 Å². The summed E-state index contributed by atoms with van der Waals surface area (Å²) >= 11 is 0. The monoisotopic (exact) mass is 360 g/mol. The summed E-state index contributed by atoms with van der Waals surface area (Å²) in [5.41, 5.74) is -1.17. The van der Waals surface area contributed by atoms with Crippen molar-refractivity contribution in [2.24, 2.45) is 10.8 Å². The lowest BCUT2D eigenvalue weighted by Gasteiger charge is -2.42. The van der Waals surface area contributed by atoms with Crippen molar-refractivity contribution in [3.63, 3.8) is 0 Å². The molecule has 0 spiro atoms. The van der Waals surface area contributed by atoms with Gasteiger partial charge in [-0.15, -0.1) is 0 Å². The maximum atomic E-state index is 13.4. The normalized spacial score (nSPS) is 32.7. The fourth-order valence-electron chi connectivity index (χ4n) is 4.80. The second-order valence-electron chi connectivity index (χ2n) is 8.43. The number of fused-ring (bicyclic) bond motifs is 2. The maximum Gasteiger partial charge on any atom is 0.313 e. The molecule has 1 aliphatic carbocycles. The van der Waals surface area contributed by atoms with Crippen molar-refractivity contribution in [2.45, 2.75) is 39.2 Å². The lowest BCUT2D eigenvalue weighted by Crippen LogP contribution is -2.59. The van der Waals surface area contributed by atoms with E-state index in [1.54, 1.807) is 12.1 Å². The van der Waals surface area contributed by atoms with E-state index < -0.39 is 16.4 Å². The Balaban J connectivity index is 1.49. The Kier molecular flexibility index (Phi) is 3.62. The molecule has 6 heteroatoms. The summed E-state index contributed by atoms with van der Waals surface area (Å²) in [5.74, 6) is -0.556. The Morgan fingerprint density at radius 1 is 1.04 bits per heavy atom. The minimum absolute atomic E-state index is 0.0594. The molecule has 2 saturated heterocycles. The molecule has 1 amide bonds. The molecule has 3 aliphatic rings. The van der Waals surface area contributed by atoms with Crippen molar-refractivity contribution in [1.29, 1.82) is 0 Å². The topological polar surface area (TPSA) is 49.9 Å². The number of amides is 1. The first-order chi connectivity index (χ1) is 12.2. The van der Waals surface area contributed by atoms with Crippen LogP contribution in [0.5, 0.6) is 0 Å². The number of benzene rings is 1. The summed E-state index contributed by atoms with van der Waals surface area (Å²) in [7, 11) is 0. The van der Waals surface area contributed by atoms with Crippen molar-refractivity contribution in [3.05, 3.63) is 30.1 Å². The first kappa shape index (κ1) is 17.3. The fraction of sp³-hybridized carbons (Fsp3) is 0.600. The number of rotatable bonds is 2. The van der Waals surface area contributed by atoms with Crippen LogP contribution >= 0.6 is 0 Å². The third kappa shape index (κ3) is 2.07. The quantitative estimate of drug-likeness (QED) is 0.761. The van der Waals surface area contributed by atoms with E-state index in [1.165, 1.54) is 12.1 Å². The van der Waals surface area contributed by atoms with Crippen molar-refractivity contribution < 1.29 is 18.7 Å². The van der Waals surface area contributed by atoms with Crippen LogP contribution in [0.25, 0.3) is 0 Å². The van der Waals surface area contributed by atoms with Gasteiger partial charge in [-0.25, -0.2) is 4.39 Å². The summed E-state index contributed by atoms with van der Waals surface area (Å²) in [5, 5.41) is 0. The number of halogens is 1. The van der Waals surface area contributed by atoms with Crippen LogP contribution in [0.4, 0.5) is 10.1 Å². The van der Waals surface area contributed by atoms with E-state index in [0.29, 0.717) is 39.0 Å². The number of carbonyl (C=O) groups excluding carboxylic acids is 2. The molecule has 5 nitrogen and oxygen atoms in total. The highest BCUT2D eigenvalue weighted by Gasteiger charge is 2.76. The number of hydrogen-bond acceptors (Lipinski definition) is 4. The number of hydrogen-bond donors (Lipinski definition) is 0. The molecule has 1 aromatic carbocycles. The van der Waals surface area contributed by atoms with Crippen LogP contribution in [0.15, 0.2) is 24.3 Å². The molecule has 2 atom stereocenters. The van der Waals surface area contributed by atoms with Crippen LogP contribution in [-0.2, 0) is 14.3 Å². The molecular formula is C20H25FN2O3. The number of ether oxygens (including phenoxy) is 1. The van der Waals surface area contributed by atoms with E-state index in [-0.39, 0.29) is 17.7 Å². The minimum Gasteiger partial charge on any atom is -0.448 e. The standard InChI is InChI=1S/C20H25FN2O3/c1-18(2)19(3)8-9-20(18,26-17(19)25)16(24)23-12-10-22(11-13-23)15-6-4-14(21)5-7-15/h4-7H,8-13H2,1-3H3. The average Bonchev–Trinajstić information content (AvgIpc) is 2.92. The van der Waals surface area contributed by atoms with E-state index in [2.05, 4.69) is 4.90 Å². The maximum absolute atomic E-state index is 13.4. The van der Waals surface area contributed by atoms with Gasteiger partial charge in [-0.05, 0) is 44.0 Å². The van der Waals surface area contributed by atoms with Gasteiger partial charge in [0.15, 0.2) is 5.60 Å². The van der Waals surface area contributed by atoms with Gasteiger partial charge in [-0.1, -0.05) is 13.8 Å². The molecule has 26 heavy (non-hydrogen) atoms. The smallest absolute Gasteiger partial charge is 0.313 e. The number of esters is 1. The van der Waals surface area contributed by atoms with Crippen molar-refractivity contribution in [2.75, 3.05) is 31.1 Å². The molecule has 2 bridgehead atoms. The number of anilines is 1. The summed E-state index contributed by atoms with van der Waals surface area (Å²) in [6.45, 7) is 8.39. The van der Waals surface area contributed by atoms with Gasteiger partial charge in [-0.2, -0.15) is 0 Å². The molecule has 2 heterocycles. The van der Waals surface area contributed by atoms with E-state index in [9.17, 15) is 14.0 Å². The molecule has 1 saturated carbocycles. The molecule has 4 rings (SSSR count). The highest BCUT2D eigenvalue weighted by Crippen LogP contribution is 2.65. The third-order valence-electron chi connectivity index (χ3n) is 7.19. The van der Waals surface area contributed by atoms with Gasteiger partial charge in [-0.3, -0.25) is 9.59 Å². The summed E-state index contributed by atoms with van der Waals surface area (Å²) in [6, 6.07) is 6.42. The Morgan fingerprint density at radius 2 is 1.65 bits per heavy atom. The van der Waals surface area contributed by atoms with E-state index in [1.807, 2.05) is 25.7 Å². The molecule has 140 valence electrons. The van der Waals surface area contributed by atoms with E-state index in [0.717, 1.165) is 5.69 Å². The number of nitrogens with zero attached hydrogens (tertiary/aromatic N) is 2. The van der Waals surface area contributed by atoms with Gasteiger partial charge >= 0.3 is 5.97 Å². The lowest BCUT2D eigenvalue weighted by atomic mass is 9.66. The number of carbonyl (C=O) groups is 2. The van der Waals surface area contributed by atoms with Gasteiger partial charge in [0.25, 0.3) is 5.91 Å². The molecule has 1 aromatic rings. The second kappa shape index (κ2) is 5.44. The van der Waals surface area contributed by atoms with Crippen molar-refractivity contribution >= 4 is 17.6 Å². The van der Waals surface area contributed by atoms with Gasteiger partial charge in [0.1, 0.15) is 5.82 Å². The molecule has 0 N–H and O–H groups in total. The van der Waals surface area contributed by atoms with Crippen LogP contribution in [0.1, 0.15) is 33.6 Å². The predicted octanol–water partition coefficient (Wildman–Crippen LogP) is 2.60. The second-order valence-corrected chi connectivity index (χ2v) is 8.43. The Morgan fingerprint density at radius 3 is 2.15 bits per heavy atom. The lowest BCUT2D eigenvalue weighted by molar-refractivity contribution is -0.174. The highest BCUT2D eigenvalue weighted by atomic mass is 19.1. The van der Waals surface area contributed by atoms with E-state index >= 15 is 0 Å². The van der Waals surface area contributed by atoms with Gasteiger partial charge in [0, 0.05) is 37.3 Å². The van der Waals surface area contributed by atoms with Crippen LogP contribution in [0, 0.1) is 16.6 Å². The highest BCUT2D eigenvalue weighted by molar-refractivity contribution is 5.96. The summed E-state index contributed by atoms with van der Waals surface area (Å²) < 4.78 is 18.8. The average molecular weight is 360 g/mol. The fourth-order valence-corrected chi connectivity index (χ4v) is 4.80. The van der Waals surface area contributed by atoms with Crippen molar-refractivity contribution in [3.8, 4) is 0 Å². The summed E-state index contributed by atoms with van der Waals surface area (Å²) in [6.07, 6.45) is 1.29. The molecule has 2 unspecified atom stereocenters. The number of piperazine rings is 1. The summed E-state index contributed by atoms with van der Waals surface area (Å²) in [4.78, 5) is 29.7. The Labute approximate surface area is 153 Å². The minimum atomic E-state index is -1.03. The van der Waals surface area contributed by atoms with Crippen LogP contribution in [-0.4, -0.2) is 48.6 Å². The van der Waals surface area contributed by atoms with E-state index in [4.69, 9.17) is 4.74 Å². The molecule has 2 aliphatic heterocycles. The first-order valence-electron chi connectivity index (χ1n) is 9.25. The van der Waals surface area contributed by atoms with Crippen LogP contribution in [0.3, 0.4) is 0 Å². The molecule has 0 radical (unpaired) electrons. The third-order valence-corrected chi connectivity index (χ3v) is 7.19. The van der Waals surface area contributed by atoms with Crippen LogP contribution in [0.2, 0.25) is 0 Å². The molecule has 3 fully saturated rings. The molecule has 0 aromatic heterocycles. The first-order valence-corrected chi connectivity index (χ1v) is 9.25. The van der Waals surface area contributed by atoms with Gasteiger partial charge < -0.3 is 14.5 Å². The van der Waals surface area contributed by atoms with Crippen molar-refractivity contribution in [1.82, 2.24) is 4.90 Å². The Hall–Kier alpha value is -2.11. The zero-order chi connectivity index (χ0) is 18.7. The predicted molar refractivity (Wildman–Crippen MR) is 95.1 cm³/mol. The molecular weight excluding hydrogens is 335 g/mol. The zero-order valence-electron chi connectivity index (χ0n) is 15.5. The van der Waals surface area contributed by atoms with Gasteiger partial charge in [0.05, 0.1) is 5.41 Å². The van der Waals surface area contributed by atoms with Gasteiger partial charge in [0.2, 0.25) is 0 Å². The SMILES string of the molecule is CC12CCC(C(=O)N3CCN(c4ccc(F)cc4)CC3)(OC1=O)C2(C)C. The Bertz CT molecular complexity index is 755. The zero-order valence-corrected chi connectivity index (χ0v) is 15.5.